The van der Waals surface area contributed by atoms with Crippen LogP contribution in [0.2, 0.25) is 0 Å². The van der Waals surface area contributed by atoms with E-state index in [4.69, 9.17) is 0 Å². The molecule has 2 aromatic carbocycles. The second kappa shape index (κ2) is 12.6. The Hall–Kier alpha value is -3.39. The van der Waals surface area contributed by atoms with E-state index in [1.54, 1.807) is 0 Å². The highest BCUT2D eigenvalue weighted by molar-refractivity contribution is 6.00. The van der Waals surface area contributed by atoms with Gasteiger partial charge in [-0.3, -0.25) is 14.4 Å². The zero-order chi connectivity index (χ0) is 29.8. The molecular weight excluding hydrogens is 514 g/mol. The summed E-state index contributed by atoms with van der Waals surface area (Å²) < 4.78 is 0. The third-order valence-corrected chi connectivity index (χ3v) is 7.73. The number of hydrogen-bond acceptors (Lipinski definition) is 5. The van der Waals surface area contributed by atoms with E-state index >= 15 is 0 Å². The summed E-state index contributed by atoms with van der Waals surface area (Å²) in [6, 6.07) is 13.6. The lowest BCUT2D eigenvalue weighted by molar-refractivity contribution is -0.117. The monoisotopic (exact) mass is 561 g/mol. The van der Waals surface area contributed by atoms with Gasteiger partial charge in [-0.25, -0.2) is 0 Å². The molecule has 0 aromatic heterocycles. The lowest BCUT2D eigenvalue weighted by Crippen LogP contribution is -2.46. The summed E-state index contributed by atoms with van der Waals surface area (Å²) in [4.78, 5) is 45.7. The molecule has 0 atom stereocenters. The minimum Gasteiger partial charge on any atom is -0.368 e. The minimum atomic E-state index is -0.160. The van der Waals surface area contributed by atoms with Crippen molar-refractivity contribution in [2.75, 3.05) is 62.6 Å². The van der Waals surface area contributed by atoms with Gasteiger partial charge in [-0.05, 0) is 53.1 Å². The summed E-state index contributed by atoms with van der Waals surface area (Å²) in [7, 11) is 0. The fourth-order valence-electron chi connectivity index (χ4n) is 5.43. The number of nitrogens with zero attached hydrogens (tertiary/aromatic N) is 3. The molecule has 41 heavy (non-hydrogen) atoms. The summed E-state index contributed by atoms with van der Waals surface area (Å²) in [6.07, 6.45) is 1.18. The molecule has 222 valence electrons. The van der Waals surface area contributed by atoms with Gasteiger partial charge in [0, 0.05) is 69.9 Å². The molecule has 2 heterocycles. The first kappa shape index (κ1) is 30.6. The predicted molar refractivity (Wildman–Crippen MR) is 166 cm³/mol. The van der Waals surface area contributed by atoms with Crippen LogP contribution >= 0.6 is 0 Å². The van der Waals surface area contributed by atoms with Gasteiger partial charge >= 0.3 is 0 Å². The summed E-state index contributed by atoms with van der Waals surface area (Å²) in [5.74, 6) is -0.0479. The molecule has 2 aliphatic heterocycles. The minimum absolute atomic E-state index is 0.0190. The zero-order valence-electron chi connectivity index (χ0n) is 25.7. The van der Waals surface area contributed by atoms with Gasteiger partial charge in [-0.1, -0.05) is 53.7 Å². The van der Waals surface area contributed by atoms with E-state index in [0.717, 1.165) is 31.7 Å². The first-order valence-corrected chi connectivity index (χ1v) is 14.9. The Labute approximate surface area is 245 Å². The van der Waals surface area contributed by atoms with E-state index in [1.165, 1.54) is 5.56 Å². The Kier molecular flexibility index (Phi) is 9.42. The van der Waals surface area contributed by atoms with Crippen LogP contribution in [0.1, 0.15) is 80.7 Å². The largest absolute Gasteiger partial charge is 0.368 e. The molecule has 3 amide bonds. The number of anilines is 2. The normalized spacial score (nSPS) is 16.8. The van der Waals surface area contributed by atoms with Crippen LogP contribution in [0.5, 0.6) is 0 Å². The molecule has 2 fully saturated rings. The molecule has 0 bridgehead atoms. The molecule has 0 aliphatic carbocycles. The molecule has 0 spiro atoms. The van der Waals surface area contributed by atoms with Crippen LogP contribution < -0.4 is 15.5 Å². The Morgan fingerprint density at radius 3 is 2.00 bits per heavy atom. The lowest BCUT2D eigenvalue weighted by Gasteiger charge is -2.29. The van der Waals surface area contributed by atoms with Crippen LogP contribution in [-0.4, -0.2) is 79.9 Å². The van der Waals surface area contributed by atoms with Gasteiger partial charge in [0.2, 0.25) is 5.91 Å². The molecule has 8 heteroatoms. The van der Waals surface area contributed by atoms with Crippen molar-refractivity contribution in [3.63, 3.8) is 0 Å². The zero-order valence-corrected chi connectivity index (χ0v) is 25.7. The van der Waals surface area contributed by atoms with Crippen molar-refractivity contribution in [3.05, 3.63) is 59.2 Å². The number of nitrogens with one attached hydrogen (secondary N) is 2. The van der Waals surface area contributed by atoms with Crippen molar-refractivity contribution in [2.24, 2.45) is 5.41 Å². The summed E-state index contributed by atoms with van der Waals surface area (Å²) in [6.45, 7) is 18.1. The number of amides is 3. The van der Waals surface area contributed by atoms with E-state index in [0.29, 0.717) is 56.0 Å². The molecule has 2 N–H and O–H groups in total. The Morgan fingerprint density at radius 2 is 1.37 bits per heavy atom. The van der Waals surface area contributed by atoms with Gasteiger partial charge in [0.05, 0.1) is 11.4 Å². The molecule has 4 rings (SSSR count). The van der Waals surface area contributed by atoms with Crippen molar-refractivity contribution in [3.8, 4) is 0 Å². The van der Waals surface area contributed by atoms with Crippen molar-refractivity contribution in [2.45, 2.75) is 59.8 Å². The van der Waals surface area contributed by atoms with Gasteiger partial charge in [-0.15, -0.1) is 0 Å². The van der Waals surface area contributed by atoms with Gasteiger partial charge in [0.15, 0.2) is 0 Å². The van der Waals surface area contributed by atoms with Gasteiger partial charge in [-0.2, -0.15) is 0 Å². The van der Waals surface area contributed by atoms with E-state index in [9.17, 15) is 14.4 Å². The molecule has 8 nitrogen and oxygen atoms in total. The van der Waals surface area contributed by atoms with E-state index in [2.05, 4.69) is 36.3 Å². The number of hydrogen-bond donors (Lipinski definition) is 2. The number of carbonyl (C=O) groups excluding carboxylic acids is 3. The molecule has 2 aromatic rings. The highest BCUT2D eigenvalue weighted by Gasteiger charge is 2.25. The van der Waals surface area contributed by atoms with Crippen molar-refractivity contribution in [1.29, 1.82) is 0 Å². The standard InChI is InChI=1S/C33H47N5O3/c1-32(2,3)23-29(39)35-27-22-25(31(41)38-18-14-34-15-19-38)10-13-28(27)36-16-7-17-37(21-20-36)30(40)24-8-11-26(12-9-24)33(4,5)6/h8-13,22,34H,7,14-21,23H2,1-6H3,(H,35,39). The van der Waals surface area contributed by atoms with Crippen molar-refractivity contribution in [1.82, 2.24) is 15.1 Å². The summed E-state index contributed by atoms with van der Waals surface area (Å²) in [5.41, 5.74) is 3.90. The van der Waals surface area contributed by atoms with Gasteiger partial charge < -0.3 is 25.3 Å². The molecule has 2 aliphatic rings. The van der Waals surface area contributed by atoms with Crippen molar-refractivity contribution >= 4 is 29.1 Å². The number of benzene rings is 2. The second-order valence-corrected chi connectivity index (χ2v) is 13.5. The average molecular weight is 562 g/mol. The number of rotatable bonds is 5. The topological polar surface area (TPSA) is 85.0 Å². The first-order valence-electron chi connectivity index (χ1n) is 14.9. The fraction of sp³-hybridized carbons (Fsp3) is 0.545. The fourth-order valence-corrected chi connectivity index (χ4v) is 5.43. The third-order valence-electron chi connectivity index (χ3n) is 7.73. The Bertz CT molecular complexity index is 1240. The molecule has 0 unspecified atom stereocenters. The molecular formula is C33H47N5O3. The van der Waals surface area contributed by atoms with Crippen LogP contribution in [0.3, 0.4) is 0 Å². The van der Waals surface area contributed by atoms with E-state index in [1.807, 2.05) is 73.0 Å². The maximum atomic E-state index is 13.4. The van der Waals surface area contributed by atoms with Crippen LogP contribution in [0.25, 0.3) is 0 Å². The Balaban J connectivity index is 1.52. The quantitative estimate of drug-likeness (QED) is 0.550. The molecule has 2 saturated heterocycles. The van der Waals surface area contributed by atoms with E-state index in [-0.39, 0.29) is 28.6 Å². The van der Waals surface area contributed by atoms with Crippen LogP contribution in [-0.2, 0) is 10.2 Å². The highest BCUT2D eigenvalue weighted by Crippen LogP contribution is 2.31. The summed E-state index contributed by atoms with van der Waals surface area (Å²) >= 11 is 0. The highest BCUT2D eigenvalue weighted by atomic mass is 16.2. The Morgan fingerprint density at radius 1 is 0.756 bits per heavy atom. The van der Waals surface area contributed by atoms with Crippen LogP contribution in [0, 0.1) is 5.41 Å². The average Bonchev–Trinajstić information content (AvgIpc) is 3.17. The number of carbonyl (C=O) groups is 3. The van der Waals surface area contributed by atoms with Gasteiger partial charge in [0.1, 0.15) is 0 Å². The molecule has 0 radical (unpaired) electrons. The SMILES string of the molecule is CC(C)(C)CC(=O)Nc1cc(C(=O)N2CCNCC2)ccc1N1CCCN(C(=O)c2ccc(C(C)(C)C)cc2)CC1. The van der Waals surface area contributed by atoms with Crippen LogP contribution in [0.15, 0.2) is 42.5 Å². The lowest BCUT2D eigenvalue weighted by atomic mass is 9.86. The van der Waals surface area contributed by atoms with E-state index < -0.39 is 0 Å². The smallest absolute Gasteiger partial charge is 0.254 e. The second-order valence-electron chi connectivity index (χ2n) is 13.5. The van der Waals surface area contributed by atoms with Crippen molar-refractivity contribution < 1.29 is 14.4 Å². The third kappa shape index (κ3) is 8.09. The van der Waals surface area contributed by atoms with Gasteiger partial charge in [0.25, 0.3) is 11.8 Å². The summed E-state index contributed by atoms with van der Waals surface area (Å²) in [5, 5.41) is 6.40. The van der Waals surface area contributed by atoms with Crippen LogP contribution in [0.4, 0.5) is 11.4 Å². The predicted octanol–water partition coefficient (Wildman–Crippen LogP) is 4.76. The molecule has 0 saturated carbocycles. The first-order chi connectivity index (χ1) is 19.3. The number of piperazine rings is 1. The maximum absolute atomic E-state index is 13.4. The maximum Gasteiger partial charge on any atom is 0.254 e.